The lowest BCUT2D eigenvalue weighted by Crippen LogP contribution is -2.46. The number of nitro groups is 1. The summed E-state index contributed by atoms with van der Waals surface area (Å²) in [7, 11) is 2.03. The van der Waals surface area contributed by atoms with Crippen molar-refractivity contribution in [3.8, 4) is 0 Å². The number of ether oxygens (including phenoxy) is 1. The van der Waals surface area contributed by atoms with E-state index in [2.05, 4.69) is 4.90 Å². The van der Waals surface area contributed by atoms with Gasteiger partial charge in [-0.1, -0.05) is 0 Å². The summed E-state index contributed by atoms with van der Waals surface area (Å²) in [6.45, 7) is 3.71. The third kappa shape index (κ3) is 5.04. The van der Waals surface area contributed by atoms with Gasteiger partial charge in [-0.15, -0.1) is 0 Å². The van der Waals surface area contributed by atoms with Gasteiger partial charge in [-0.25, -0.2) is 4.79 Å². The third-order valence-corrected chi connectivity index (χ3v) is 5.18. The van der Waals surface area contributed by atoms with Crippen LogP contribution in [-0.4, -0.2) is 59.4 Å². The first-order chi connectivity index (χ1) is 14.4. The second kappa shape index (κ2) is 9.53. The van der Waals surface area contributed by atoms with Crippen LogP contribution >= 0.6 is 0 Å². The molecular weight excluding hydrogens is 390 g/mol. The van der Waals surface area contributed by atoms with Gasteiger partial charge in [-0.05, 0) is 58.1 Å². The summed E-state index contributed by atoms with van der Waals surface area (Å²) in [5.41, 5.74) is -0.265. The second-order valence-corrected chi connectivity index (χ2v) is 7.29. The van der Waals surface area contributed by atoms with Gasteiger partial charge in [-0.3, -0.25) is 14.9 Å². The van der Waals surface area contributed by atoms with Crippen LogP contribution in [0.3, 0.4) is 0 Å². The summed E-state index contributed by atoms with van der Waals surface area (Å²) in [5.74, 6) is -0.458. The van der Waals surface area contributed by atoms with Crippen molar-refractivity contribution in [1.29, 1.82) is 0 Å². The van der Waals surface area contributed by atoms with E-state index in [9.17, 15) is 19.7 Å². The van der Waals surface area contributed by atoms with Gasteiger partial charge in [0.2, 0.25) is 0 Å². The van der Waals surface area contributed by atoms with Crippen molar-refractivity contribution >= 4 is 17.6 Å². The first kappa shape index (κ1) is 21.5. The molecule has 0 unspecified atom stereocenters. The van der Waals surface area contributed by atoms with E-state index >= 15 is 0 Å². The van der Waals surface area contributed by atoms with Gasteiger partial charge in [0.05, 0.1) is 29.9 Å². The second-order valence-electron chi connectivity index (χ2n) is 7.29. The number of likely N-dealkylation sites (tertiary alicyclic amines) is 1. The molecule has 1 aliphatic heterocycles. The lowest BCUT2D eigenvalue weighted by Gasteiger charge is -2.37. The highest BCUT2D eigenvalue weighted by Crippen LogP contribution is 2.24. The lowest BCUT2D eigenvalue weighted by atomic mass is 10.0. The first-order valence-electron chi connectivity index (χ1n) is 9.87. The van der Waals surface area contributed by atoms with Crippen molar-refractivity contribution in [2.75, 3.05) is 26.7 Å². The molecule has 0 aliphatic carbocycles. The minimum atomic E-state index is -0.702. The maximum Gasteiger partial charge on any atom is 0.338 e. The molecule has 1 aliphatic rings. The average Bonchev–Trinajstić information content (AvgIpc) is 3.25. The van der Waals surface area contributed by atoms with E-state index in [1.165, 1.54) is 12.1 Å². The van der Waals surface area contributed by atoms with Crippen molar-refractivity contribution in [3.63, 3.8) is 0 Å². The molecule has 9 heteroatoms. The Balaban J connectivity index is 1.96. The molecule has 0 radical (unpaired) electrons. The van der Waals surface area contributed by atoms with Gasteiger partial charge in [-0.2, -0.15) is 0 Å². The molecule has 0 spiro atoms. The number of hydrogen-bond acceptors (Lipinski definition) is 7. The summed E-state index contributed by atoms with van der Waals surface area (Å²) in [6, 6.07) is 7.18. The molecule has 1 fully saturated rings. The van der Waals surface area contributed by atoms with Crippen molar-refractivity contribution in [2.45, 2.75) is 32.4 Å². The van der Waals surface area contributed by atoms with Crippen LogP contribution in [-0.2, 0) is 11.3 Å². The van der Waals surface area contributed by atoms with Crippen LogP contribution in [0.2, 0.25) is 0 Å². The maximum atomic E-state index is 13.5. The van der Waals surface area contributed by atoms with Crippen molar-refractivity contribution in [3.05, 3.63) is 63.6 Å². The highest BCUT2D eigenvalue weighted by atomic mass is 16.6. The molecule has 1 amide bonds. The van der Waals surface area contributed by atoms with E-state index in [4.69, 9.17) is 9.15 Å². The Hall–Kier alpha value is -3.20. The monoisotopic (exact) mass is 415 g/mol. The highest BCUT2D eigenvalue weighted by Gasteiger charge is 2.30. The summed E-state index contributed by atoms with van der Waals surface area (Å²) >= 11 is 0. The third-order valence-electron chi connectivity index (χ3n) is 5.18. The Morgan fingerprint density at radius 3 is 2.57 bits per heavy atom. The molecule has 0 atom stereocenters. The highest BCUT2D eigenvalue weighted by molar-refractivity contribution is 5.99. The largest absolute Gasteiger partial charge is 0.467 e. The molecule has 3 rings (SSSR count). The quantitative estimate of drug-likeness (QED) is 0.389. The van der Waals surface area contributed by atoms with E-state index in [1.54, 1.807) is 30.2 Å². The number of esters is 1. The number of carbonyl (C=O) groups is 2. The molecular formula is C21H25N3O6. The molecule has 9 nitrogen and oxygen atoms in total. The Kier molecular flexibility index (Phi) is 6.83. The van der Waals surface area contributed by atoms with Crippen LogP contribution in [0, 0.1) is 10.1 Å². The van der Waals surface area contributed by atoms with Gasteiger partial charge in [0, 0.05) is 23.7 Å². The summed E-state index contributed by atoms with van der Waals surface area (Å²) < 4.78 is 10.4. The molecule has 1 saturated heterocycles. The number of benzene rings is 1. The number of non-ortho nitro benzene ring substituents is 1. The zero-order valence-corrected chi connectivity index (χ0v) is 17.1. The van der Waals surface area contributed by atoms with E-state index in [0.29, 0.717) is 5.76 Å². The predicted octanol–water partition coefficient (Wildman–Crippen LogP) is 3.10. The Labute approximate surface area is 174 Å². The Morgan fingerprint density at radius 2 is 1.97 bits per heavy atom. The molecule has 30 heavy (non-hydrogen) atoms. The fourth-order valence-electron chi connectivity index (χ4n) is 3.58. The number of piperidine rings is 1. The number of rotatable bonds is 7. The summed E-state index contributed by atoms with van der Waals surface area (Å²) in [4.78, 5) is 40.3. The standard InChI is InChI=1S/C21H25N3O6/c1-3-29-21(26)16-11-15(12-18(13-16)24(27)28)20(25)23(14-19-5-4-10-30-19)17-6-8-22(2)9-7-17/h4-5,10-13,17H,3,6-9,14H2,1-2H3. The fraction of sp³-hybridized carbons (Fsp3) is 0.429. The SMILES string of the molecule is CCOC(=O)c1cc(C(=O)N(Cc2ccco2)C2CCN(C)CC2)cc([N+](=O)[O-])c1. The zero-order valence-electron chi connectivity index (χ0n) is 17.1. The zero-order chi connectivity index (χ0) is 21.7. The lowest BCUT2D eigenvalue weighted by molar-refractivity contribution is -0.384. The van der Waals surface area contributed by atoms with Crippen LogP contribution in [0.1, 0.15) is 46.2 Å². The molecule has 2 aromatic rings. The molecule has 1 aromatic heterocycles. The topological polar surface area (TPSA) is 106 Å². The number of hydrogen-bond donors (Lipinski definition) is 0. The molecule has 1 aromatic carbocycles. The van der Waals surface area contributed by atoms with Crippen molar-refractivity contribution < 1.29 is 23.7 Å². The van der Waals surface area contributed by atoms with E-state index in [-0.39, 0.29) is 41.9 Å². The van der Waals surface area contributed by atoms with E-state index in [1.807, 2.05) is 7.05 Å². The molecule has 2 heterocycles. The van der Waals surface area contributed by atoms with Gasteiger partial charge in [0.25, 0.3) is 11.6 Å². The van der Waals surface area contributed by atoms with Gasteiger partial charge in [0.15, 0.2) is 0 Å². The van der Waals surface area contributed by atoms with Crippen LogP contribution in [0.15, 0.2) is 41.0 Å². The van der Waals surface area contributed by atoms with Gasteiger partial charge >= 0.3 is 5.97 Å². The Morgan fingerprint density at radius 1 is 1.27 bits per heavy atom. The summed E-state index contributed by atoms with van der Waals surface area (Å²) in [6.07, 6.45) is 3.10. The molecule has 160 valence electrons. The first-order valence-corrected chi connectivity index (χ1v) is 9.87. The minimum Gasteiger partial charge on any atom is -0.467 e. The van der Waals surface area contributed by atoms with Crippen molar-refractivity contribution in [2.24, 2.45) is 0 Å². The fourth-order valence-corrected chi connectivity index (χ4v) is 3.58. The predicted molar refractivity (Wildman–Crippen MR) is 108 cm³/mol. The van der Waals surface area contributed by atoms with Crippen molar-refractivity contribution in [1.82, 2.24) is 9.80 Å². The normalized spacial score (nSPS) is 15.0. The number of nitrogens with zero attached hydrogens (tertiary/aromatic N) is 3. The Bertz CT molecular complexity index is 903. The van der Waals surface area contributed by atoms with Crippen LogP contribution in [0.25, 0.3) is 0 Å². The van der Waals surface area contributed by atoms with E-state index in [0.717, 1.165) is 32.0 Å². The average molecular weight is 415 g/mol. The van der Waals surface area contributed by atoms with E-state index < -0.39 is 10.9 Å². The van der Waals surface area contributed by atoms with Crippen LogP contribution in [0.4, 0.5) is 5.69 Å². The number of carbonyl (C=O) groups excluding carboxylic acids is 2. The minimum absolute atomic E-state index is 0.0178. The van der Waals surface area contributed by atoms with Crippen LogP contribution in [0.5, 0.6) is 0 Å². The maximum absolute atomic E-state index is 13.5. The number of amides is 1. The van der Waals surface area contributed by atoms with Crippen LogP contribution < -0.4 is 0 Å². The number of nitro benzene ring substituents is 1. The molecule has 0 N–H and O–H groups in total. The van der Waals surface area contributed by atoms with Gasteiger partial charge < -0.3 is 19.0 Å². The number of furan rings is 1. The molecule has 0 bridgehead atoms. The smallest absolute Gasteiger partial charge is 0.338 e. The molecule has 0 saturated carbocycles. The summed E-state index contributed by atoms with van der Waals surface area (Å²) in [5, 5.41) is 11.4. The van der Waals surface area contributed by atoms with Gasteiger partial charge in [0.1, 0.15) is 5.76 Å².